The van der Waals surface area contributed by atoms with Crippen molar-refractivity contribution in [1.29, 1.82) is 0 Å². The van der Waals surface area contributed by atoms with Gasteiger partial charge in [0.2, 0.25) is 11.8 Å². The molecular weight excluding hydrogens is 411 g/mol. The van der Waals surface area contributed by atoms with Crippen molar-refractivity contribution < 1.29 is 14.0 Å². The van der Waals surface area contributed by atoms with Gasteiger partial charge in [0, 0.05) is 20.1 Å². The number of amides is 2. The van der Waals surface area contributed by atoms with E-state index in [2.05, 4.69) is 46.4 Å². The first-order chi connectivity index (χ1) is 15.0. The van der Waals surface area contributed by atoms with Crippen LogP contribution < -0.4 is 5.32 Å². The van der Waals surface area contributed by atoms with Gasteiger partial charge in [-0.25, -0.2) is 4.39 Å². The monoisotopic (exact) mass is 436 g/mol. The van der Waals surface area contributed by atoms with Crippen LogP contribution >= 0.6 is 11.3 Å². The zero-order valence-electron chi connectivity index (χ0n) is 17.4. The number of hydrogen-bond acceptors (Lipinski definition) is 3. The van der Waals surface area contributed by atoms with Gasteiger partial charge in [-0.2, -0.15) is 11.3 Å². The highest BCUT2D eigenvalue weighted by molar-refractivity contribution is 7.08. The average Bonchev–Trinajstić information content (AvgIpc) is 3.45. The van der Waals surface area contributed by atoms with Crippen molar-refractivity contribution in [3.8, 4) is 11.1 Å². The number of rotatable bonds is 6. The zero-order chi connectivity index (χ0) is 21.8. The predicted molar refractivity (Wildman–Crippen MR) is 121 cm³/mol. The number of likely N-dealkylation sites (tertiary alicyclic amines) is 1. The van der Waals surface area contributed by atoms with Crippen molar-refractivity contribution in [2.24, 2.45) is 5.41 Å². The van der Waals surface area contributed by atoms with E-state index in [1.54, 1.807) is 35.4 Å². The van der Waals surface area contributed by atoms with E-state index in [-0.39, 0.29) is 24.1 Å². The van der Waals surface area contributed by atoms with Crippen LogP contribution in [0.15, 0.2) is 65.4 Å². The lowest BCUT2D eigenvalue weighted by molar-refractivity contribution is -0.132. The van der Waals surface area contributed by atoms with Crippen LogP contribution in [0.25, 0.3) is 11.1 Å². The molecule has 1 aromatic heterocycles. The van der Waals surface area contributed by atoms with E-state index >= 15 is 0 Å². The predicted octanol–water partition coefficient (Wildman–Crippen LogP) is 4.30. The van der Waals surface area contributed by atoms with Crippen LogP contribution in [0.2, 0.25) is 0 Å². The van der Waals surface area contributed by atoms with Gasteiger partial charge in [0.25, 0.3) is 0 Å². The van der Waals surface area contributed by atoms with E-state index in [0.717, 1.165) is 11.1 Å². The van der Waals surface area contributed by atoms with Crippen molar-refractivity contribution in [2.45, 2.75) is 19.3 Å². The second kappa shape index (κ2) is 9.02. The number of carbonyl (C=O) groups excluding carboxylic acids is 2. The Labute approximate surface area is 185 Å². The molecule has 1 aliphatic heterocycles. The maximum absolute atomic E-state index is 13.5. The Bertz CT molecular complexity index is 1070. The molecule has 1 atom stereocenters. The quantitative estimate of drug-likeness (QED) is 0.626. The maximum Gasteiger partial charge on any atom is 0.228 e. The van der Waals surface area contributed by atoms with Crippen molar-refractivity contribution in [3.05, 3.63) is 82.3 Å². The topological polar surface area (TPSA) is 49.4 Å². The SMILES string of the molecule is CNC(=O)[C@]1(Cc2ccc(-c3ccsc3)cc2)CCN(C(=O)Cc2cccc(F)c2)C1. The number of thiophene rings is 1. The van der Waals surface area contributed by atoms with Gasteiger partial charge in [-0.15, -0.1) is 0 Å². The third-order valence-corrected chi connectivity index (χ3v) is 6.69. The Morgan fingerprint density at radius 3 is 2.58 bits per heavy atom. The van der Waals surface area contributed by atoms with Gasteiger partial charge >= 0.3 is 0 Å². The second-order valence-electron chi connectivity index (χ2n) is 8.12. The van der Waals surface area contributed by atoms with Gasteiger partial charge in [-0.1, -0.05) is 36.4 Å². The first-order valence-electron chi connectivity index (χ1n) is 10.3. The van der Waals surface area contributed by atoms with Gasteiger partial charge in [0.05, 0.1) is 11.8 Å². The Hall–Kier alpha value is -2.99. The van der Waals surface area contributed by atoms with Gasteiger partial charge in [-0.05, 0) is 64.1 Å². The van der Waals surface area contributed by atoms with Crippen LogP contribution in [0, 0.1) is 11.2 Å². The molecule has 2 aromatic carbocycles. The molecule has 4 rings (SSSR count). The smallest absolute Gasteiger partial charge is 0.228 e. The fourth-order valence-corrected chi connectivity index (χ4v) is 4.99. The number of nitrogens with zero attached hydrogens (tertiary/aromatic N) is 1. The summed E-state index contributed by atoms with van der Waals surface area (Å²) in [7, 11) is 1.64. The summed E-state index contributed by atoms with van der Waals surface area (Å²) in [4.78, 5) is 27.4. The molecule has 160 valence electrons. The summed E-state index contributed by atoms with van der Waals surface area (Å²) in [5, 5.41) is 6.96. The van der Waals surface area contributed by atoms with Crippen LogP contribution in [0.4, 0.5) is 4.39 Å². The molecule has 0 radical (unpaired) electrons. The molecule has 6 heteroatoms. The Morgan fingerprint density at radius 2 is 1.90 bits per heavy atom. The minimum atomic E-state index is -0.657. The number of halogens is 1. The summed E-state index contributed by atoms with van der Waals surface area (Å²) in [5.74, 6) is -0.475. The summed E-state index contributed by atoms with van der Waals surface area (Å²) < 4.78 is 13.5. The van der Waals surface area contributed by atoms with Crippen LogP contribution in [0.3, 0.4) is 0 Å². The van der Waals surface area contributed by atoms with Gasteiger partial charge in [-0.3, -0.25) is 9.59 Å². The molecule has 31 heavy (non-hydrogen) atoms. The molecule has 0 spiro atoms. The van der Waals surface area contributed by atoms with Crippen molar-refractivity contribution in [3.63, 3.8) is 0 Å². The largest absolute Gasteiger partial charge is 0.359 e. The molecule has 3 aromatic rings. The highest BCUT2D eigenvalue weighted by Gasteiger charge is 2.45. The second-order valence-corrected chi connectivity index (χ2v) is 8.90. The van der Waals surface area contributed by atoms with E-state index in [1.165, 1.54) is 17.7 Å². The van der Waals surface area contributed by atoms with Crippen LogP contribution in [-0.4, -0.2) is 36.9 Å². The average molecular weight is 437 g/mol. The van der Waals surface area contributed by atoms with E-state index in [9.17, 15) is 14.0 Å². The Kier molecular flexibility index (Phi) is 6.18. The van der Waals surface area contributed by atoms with Gasteiger partial charge < -0.3 is 10.2 Å². The minimum Gasteiger partial charge on any atom is -0.359 e. The third-order valence-electron chi connectivity index (χ3n) is 6.01. The molecule has 1 fully saturated rings. The lowest BCUT2D eigenvalue weighted by atomic mass is 9.79. The summed E-state index contributed by atoms with van der Waals surface area (Å²) in [6.07, 6.45) is 1.31. The summed E-state index contributed by atoms with van der Waals surface area (Å²) >= 11 is 1.66. The molecule has 2 heterocycles. The number of benzene rings is 2. The zero-order valence-corrected chi connectivity index (χ0v) is 18.3. The molecule has 0 saturated carbocycles. The number of carbonyl (C=O) groups is 2. The summed E-state index contributed by atoms with van der Waals surface area (Å²) in [6.45, 7) is 0.891. The Morgan fingerprint density at radius 1 is 1.10 bits per heavy atom. The molecule has 0 aliphatic carbocycles. The molecule has 4 nitrogen and oxygen atoms in total. The maximum atomic E-state index is 13.5. The molecule has 1 saturated heterocycles. The fraction of sp³-hybridized carbons (Fsp3) is 0.280. The van der Waals surface area contributed by atoms with Crippen molar-refractivity contribution in [2.75, 3.05) is 20.1 Å². The van der Waals surface area contributed by atoms with Gasteiger partial charge in [0.15, 0.2) is 0 Å². The number of nitrogens with one attached hydrogen (secondary N) is 1. The van der Waals surface area contributed by atoms with Crippen molar-refractivity contribution in [1.82, 2.24) is 10.2 Å². The van der Waals surface area contributed by atoms with E-state index in [1.807, 2.05) is 0 Å². The molecular formula is C25H25FN2O2S. The fourth-order valence-electron chi connectivity index (χ4n) is 4.33. The first-order valence-corrected chi connectivity index (χ1v) is 11.3. The molecule has 1 N–H and O–H groups in total. The van der Waals surface area contributed by atoms with E-state index < -0.39 is 5.41 Å². The third kappa shape index (κ3) is 4.69. The highest BCUT2D eigenvalue weighted by atomic mass is 32.1. The van der Waals surface area contributed by atoms with E-state index in [4.69, 9.17) is 0 Å². The lowest BCUT2D eigenvalue weighted by Gasteiger charge is -2.28. The van der Waals surface area contributed by atoms with Crippen LogP contribution in [-0.2, 0) is 22.4 Å². The van der Waals surface area contributed by atoms with Crippen LogP contribution in [0.5, 0.6) is 0 Å². The van der Waals surface area contributed by atoms with Gasteiger partial charge in [0.1, 0.15) is 5.82 Å². The van der Waals surface area contributed by atoms with Crippen molar-refractivity contribution >= 4 is 23.2 Å². The molecule has 2 amide bonds. The first kappa shape index (κ1) is 21.2. The lowest BCUT2D eigenvalue weighted by Crippen LogP contribution is -2.44. The standard InChI is InChI=1S/C25H25FN2O2S/c1-27-24(30)25(15-18-5-7-20(8-6-18)21-9-12-31-16-21)10-11-28(17-25)23(29)14-19-3-2-4-22(26)13-19/h2-9,12-13,16H,10-11,14-15,17H2,1H3,(H,27,30)/t25-/m0/s1. The summed E-state index contributed by atoms with van der Waals surface area (Å²) in [6, 6.07) is 16.5. The molecule has 0 bridgehead atoms. The molecule has 1 aliphatic rings. The number of hydrogen-bond donors (Lipinski definition) is 1. The van der Waals surface area contributed by atoms with Crippen LogP contribution in [0.1, 0.15) is 17.5 Å². The normalized spacial score (nSPS) is 18.2. The van der Waals surface area contributed by atoms with E-state index in [0.29, 0.717) is 31.5 Å². The summed E-state index contributed by atoms with van der Waals surface area (Å²) in [5.41, 5.74) is 3.40. The Balaban J connectivity index is 1.48. The molecule has 0 unspecified atom stereocenters. The highest BCUT2D eigenvalue weighted by Crippen LogP contribution is 2.35. The minimum absolute atomic E-state index is 0.0459.